The molecule has 43 heavy (non-hydrogen) atoms. The second kappa shape index (κ2) is 11.8. The van der Waals surface area contributed by atoms with E-state index in [1.54, 1.807) is 24.3 Å². The summed E-state index contributed by atoms with van der Waals surface area (Å²) in [5.74, 6) is 0.0623. The number of piperidine rings is 1. The van der Waals surface area contributed by atoms with Crippen LogP contribution < -0.4 is 15.5 Å². The molecule has 1 fully saturated rings. The van der Waals surface area contributed by atoms with E-state index in [1.165, 1.54) is 47.4 Å². The second-order valence-corrected chi connectivity index (χ2v) is 13.0. The number of urea groups is 1. The number of hydrogen-bond donors (Lipinski definition) is 2. The van der Waals surface area contributed by atoms with Crippen molar-refractivity contribution in [3.8, 4) is 0 Å². The third-order valence-electron chi connectivity index (χ3n) is 7.65. The third-order valence-corrected chi connectivity index (χ3v) is 10.2. The largest absolute Gasteiger partial charge is 0.606 e. The molecule has 0 saturated carbocycles. The predicted molar refractivity (Wildman–Crippen MR) is 170 cm³/mol. The van der Waals surface area contributed by atoms with Crippen molar-refractivity contribution in [3.63, 3.8) is 0 Å². The number of likely N-dealkylation sites (tertiary alicyclic amines) is 1. The van der Waals surface area contributed by atoms with Crippen molar-refractivity contribution in [2.45, 2.75) is 35.6 Å². The number of rotatable bonds is 7. The van der Waals surface area contributed by atoms with Crippen molar-refractivity contribution in [1.82, 2.24) is 14.9 Å². The van der Waals surface area contributed by atoms with Crippen LogP contribution >= 0.6 is 11.3 Å². The van der Waals surface area contributed by atoms with Gasteiger partial charge in [-0.1, -0.05) is 36.8 Å². The molecule has 2 aromatic heterocycles. The lowest BCUT2D eigenvalue weighted by Gasteiger charge is -2.27. The summed E-state index contributed by atoms with van der Waals surface area (Å²) in [6, 6.07) is 23.6. The van der Waals surface area contributed by atoms with Crippen molar-refractivity contribution in [1.29, 1.82) is 0 Å². The Labute approximate surface area is 255 Å². The van der Waals surface area contributed by atoms with Gasteiger partial charge in [0.2, 0.25) is 0 Å². The highest BCUT2D eigenvalue weighted by Crippen LogP contribution is 2.45. The molecule has 9 nitrogen and oxygen atoms in total. The van der Waals surface area contributed by atoms with Crippen LogP contribution in [0.25, 0.3) is 10.2 Å². The van der Waals surface area contributed by atoms with Gasteiger partial charge in [0.15, 0.2) is 15.6 Å². The minimum atomic E-state index is -1.35. The SMILES string of the molecule is O=C(Nc1ccc(CN2CCCCC2)cc1)c1sc2ncnc3c2c1NC(=O)N3c1ccc([S+]([O-])c2ccccc2)cc1. The van der Waals surface area contributed by atoms with Crippen molar-refractivity contribution >= 4 is 67.5 Å². The van der Waals surface area contributed by atoms with Crippen LogP contribution in [0.3, 0.4) is 0 Å². The summed E-state index contributed by atoms with van der Waals surface area (Å²) in [5, 5.41) is 6.47. The molecule has 3 aromatic carbocycles. The summed E-state index contributed by atoms with van der Waals surface area (Å²) >= 11 is -0.138. The molecule has 0 radical (unpaired) electrons. The first-order chi connectivity index (χ1) is 21.0. The fourth-order valence-electron chi connectivity index (χ4n) is 5.52. The number of hydrogen-bond acceptors (Lipinski definition) is 7. The lowest BCUT2D eigenvalue weighted by atomic mass is 10.1. The molecule has 2 N–H and O–H groups in total. The maximum absolute atomic E-state index is 13.4. The molecule has 5 aromatic rings. The lowest BCUT2D eigenvalue weighted by molar-refractivity contribution is 0.103. The van der Waals surface area contributed by atoms with Crippen LogP contribution in [0.1, 0.15) is 34.5 Å². The molecule has 1 atom stereocenters. The van der Waals surface area contributed by atoms with E-state index in [9.17, 15) is 14.1 Å². The van der Waals surface area contributed by atoms with E-state index in [-0.39, 0.29) is 5.91 Å². The molecule has 1 saturated heterocycles. The Kier molecular flexibility index (Phi) is 7.54. The van der Waals surface area contributed by atoms with Gasteiger partial charge in [0, 0.05) is 23.4 Å². The van der Waals surface area contributed by atoms with Crippen LogP contribution in [0.5, 0.6) is 0 Å². The number of aromatic nitrogens is 2. The van der Waals surface area contributed by atoms with Gasteiger partial charge in [0.1, 0.15) is 16.0 Å². The zero-order valence-electron chi connectivity index (χ0n) is 23.2. The second-order valence-electron chi connectivity index (χ2n) is 10.5. The summed E-state index contributed by atoms with van der Waals surface area (Å²) in [5.41, 5.74) is 2.85. The summed E-state index contributed by atoms with van der Waals surface area (Å²) in [7, 11) is 0. The Morgan fingerprint density at radius 1 is 0.930 bits per heavy atom. The topological polar surface area (TPSA) is 114 Å². The molecule has 11 heteroatoms. The Morgan fingerprint density at radius 3 is 2.40 bits per heavy atom. The van der Waals surface area contributed by atoms with Gasteiger partial charge < -0.3 is 15.2 Å². The van der Waals surface area contributed by atoms with Crippen LogP contribution in [-0.4, -0.2) is 44.4 Å². The minimum absolute atomic E-state index is 0.325. The lowest BCUT2D eigenvalue weighted by Crippen LogP contribution is -2.35. The van der Waals surface area contributed by atoms with Gasteiger partial charge in [-0.2, -0.15) is 0 Å². The van der Waals surface area contributed by atoms with E-state index >= 15 is 0 Å². The smallest absolute Gasteiger partial charge is 0.332 e. The van der Waals surface area contributed by atoms with E-state index < -0.39 is 17.2 Å². The highest BCUT2D eigenvalue weighted by Gasteiger charge is 2.34. The van der Waals surface area contributed by atoms with Crippen molar-refractivity contribution < 1.29 is 14.1 Å². The Morgan fingerprint density at radius 2 is 1.65 bits per heavy atom. The monoisotopic (exact) mass is 608 g/mol. The fraction of sp³-hybridized carbons (Fsp3) is 0.188. The van der Waals surface area contributed by atoms with Crippen molar-refractivity contribution in [2.24, 2.45) is 0 Å². The van der Waals surface area contributed by atoms with E-state index in [0.29, 0.717) is 47.8 Å². The molecule has 1 unspecified atom stereocenters. The molecule has 0 bridgehead atoms. The van der Waals surface area contributed by atoms with E-state index in [0.717, 1.165) is 19.6 Å². The van der Waals surface area contributed by atoms with Crippen LogP contribution in [0.15, 0.2) is 95.0 Å². The highest BCUT2D eigenvalue weighted by molar-refractivity contribution is 7.91. The molecular weight excluding hydrogens is 581 g/mol. The minimum Gasteiger partial charge on any atom is -0.606 e. The summed E-state index contributed by atoms with van der Waals surface area (Å²) in [6.07, 6.45) is 5.19. The average molecular weight is 609 g/mol. The third kappa shape index (κ3) is 5.48. The average Bonchev–Trinajstić information content (AvgIpc) is 3.42. The molecule has 216 valence electrons. The van der Waals surface area contributed by atoms with Gasteiger partial charge >= 0.3 is 6.03 Å². The molecule has 7 rings (SSSR count). The van der Waals surface area contributed by atoms with Crippen molar-refractivity contribution in [3.05, 3.63) is 95.6 Å². The summed E-state index contributed by atoms with van der Waals surface area (Å²) in [6.45, 7) is 3.16. The van der Waals surface area contributed by atoms with Gasteiger partial charge in [-0.3, -0.25) is 9.69 Å². The fourth-order valence-corrected chi connectivity index (χ4v) is 7.57. The summed E-state index contributed by atoms with van der Waals surface area (Å²) in [4.78, 5) is 41.9. The Balaban J connectivity index is 1.12. The van der Waals surface area contributed by atoms with E-state index in [1.807, 2.05) is 54.6 Å². The van der Waals surface area contributed by atoms with Gasteiger partial charge in [-0.05, 0) is 80.0 Å². The number of benzene rings is 3. The number of nitrogens with zero attached hydrogens (tertiary/aromatic N) is 4. The predicted octanol–water partition coefficient (Wildman–Crippen LogP) is 6.78. The van der Waals surface area contributed by atoms with Crippen LogP contribution in [0, 0.1) is 0 Å². The number of amides is 3. The number of carbonyl (C=O) groups excluding carboxylic acids is 2. The quantitative estimate of drug-likeness (QED) is 0.197. The maximum atomic E-state index is 13.4. The molecule has 3 amide bonds. The number of nitrogens with one attached hydrogen (secondary N) is 2. The Bertz CT molecular complexity index is 1790. The highest BCUT2D eigenvalue weighted by atomic mass is 32.2. The molecule has 2 aliphatic rings. The molecular formula is C32H28N6O3S2. The van der Waals surface area contributed by atoms with Crippen LogP contribution in [0.2, 0.25) is 0 Å². The molecule has 0 spiro atoms. The van der Waals surface area contributed by atoms with Gasteiger partial charge in [0.05, 0.1) is 16.8 Å². The number of anilines is 4. The number of thiophene rings is 1. The van der Waals surface area contributed by atoms with Gasteiger partial charge in [-0.15, -0.1) is 11.3 Å². The van der Waals surface area contributed by atoms with Crippen molar-refractivity contribution in [2.75, 3.05) is 28.6 Å². The first-order valence-corrected chi connectivity index (χ1v) is 16.1. The Hall–Kier alpha value is -4.29. The zero-order chi connectivity index (χ0) is 29.3. The van der Waals surface area contributed by atoms with E-state index in [2.05, 4.69) is 25.5 Å². The first-order valence-electron chi connectivity index (χ1n) is 14.1. The van der Waals surface area contributed by atoms with Crippen LogP contribution in [-0.2, 0) is 17.7 Å². The van der Waals surface area contributed by atoms with E-state index in [4.69, 9.17) is 0 Å². The molecule has 2 aliphatic heterocycles. The number of carbonyl (C=O) groups is 2. The normalized spacial score (nSPS) is 15.7. The van der Waals surface area contributed by atoms with Gasteiger partial charge in [0.25, 0.3) is 5.91 Å². The van der Waals surface area contributed by atoms with Gasteiger partial charge in [-0.25, -0.2) is 19.7 Å². The maximum Gasteiger partial charge on any atom is 0.332 e. The van der Waals surface area contributed by atoms with Crippen LogP contribution in [0.4, 0.5) is 27.7 Å². The standard InChI is InChI=1S/C32H28N6O3S2/c39-30(35-22-11-9-21(10-12-22)19-37-17-5-2-6-18-37)28-27-26-29(33-20-34-31(26)42-28)38(32(40)36-27)23-13-15-25(16-14-23)43(41)24-7-3-1-4-8-24/h1,3-4,7-16,20H,2,5-6,17-19H2,(H,35,39)(H,36,40). The zero-order valence-corrected chi connectivity index (χ0v) is 24.8. The first kappa shape index (κ1) is 27.5. The molecule has 0 aliphatic carbocycles. The summed E-state index contributed by atoms with van der Waals surface area (Å²) < 4.78 is 13.0. The molecule has 4 heterocycles.